The van der Waals surface area contributed by atoms with Gasteiger partial charge in [-0.3, -0.25) is 5.41 Å². The van der Waals surface area contributed by atoms with Crippen molar-refractivity contribution < 1.29 is 4.84 Å². The summed E-state index contributed by atoms with van der Waals surface area (Å²) in [5.74, 6) is 0.144. The molecule has 2 N–H and O–H groups in total. The summed E-state index contributed by atoms with van der Waals surface area (Å²) in [5, 5.41) is 6.72. The van der Waals surface area contributed by atoms with Crippen LogP contribution in [0.3, 0.4) is 0 Å². The molecule has 42 valence electrons. The van der Waals surface area contributed by atoms with Gasteiger partial charge in [-0.15, -0.1) is 11.6 Å². The van der Waals surface area contributed by atoms with Crippen LogP contribution < -0.4 is 5.48 Å². The molecular weight excluding hydrogens is 115 g/mol. The average Bonchev–Trinajstić information content (AvgIpc) is 1.68. The molecule has 0 saturated carbocycles. The Labute approximate surface area is 47.1 Å². The molecule has 0 bridgehead atoms. The Bertz CT molecular complexity index is 66.0. The summed E-state index contributed by atoms with van der Waals surface area (Å²) in [6.45, 7) is 0. The van der Waals surface area contributed by atoms with E-state index in [4.69, 9.17) is 17.0 Å². The summed E-state index contributed by atoms with van der Waals surface area (Å²) >= 11 is 5.14. The van der Waals surface area contributed by atoms with Gasteiger partial charge in [0, 0.05) is 7.05 Å². The fraction of sp³-hybridized carbons (Fsp3) is 0.667. The van der Waals surface area contributed by atoms with Crippen LogP contribution in [0.25, 0.3) is 0 Å². The van der Waals surface area contributed by atoms with Crippen LogP contribution in [0.4, 0.5) is 0 Å². The van der Waals surface area contributed by atoms with Gasteiger partial charge >= 0.3 is 0 Å². The van der Waals surface area contributed by atoms with Crippen LogP contribution in [-0.2, 0) is 4.84 Å². The second kappa shape index (κ2) is 3.89. The fourth-order valence-corrected chi connectivity index (χ4v) is 0.205. The lowest BCUT2D eigenvalue weighted by Crippen LogP contribution is -2.14. The summed E-state index contributed by atoms with van der Waals surface area (Å²) in [6.07, 6.45) is 0. The third-order valence-electron chi connectivity index (χ3n) is 0.347. The molecule has 0 aromatic rings. The minimum atomic E-state index is 0.0316. The molecule has 0 radical (unpaired) electrons. The van der Waals surface area contributed by atoms with Crippen molar-refractivity contribution in [3.63, 3.8) is 0 Å². The lowest BCUT2D eigenvalue weighted by atomic mass is 10.8. The summed E-state index contributed by atoms with van der Waals surface area (Å²) in [5.41, 5.74) is 2.31. The van der Waals surface area contributed by atoms with E-state index in [0.717, 1.165) is 0 Å². The molecule has 3 nitrogen and oxygen atoms in total. The molecule has 0 atom stereocenters. The zero-order valence-electron chi connectivity index (χ0n) is 3.99. The second-order valence-electron chi connectivity index (χ2n) is 0.863. The number of hydroxylamine groups is 1. The summed E-state index contributed by atoms with van der Waals surface area (Å²) < 4.78 is 0. The quantitative estimate of drug-likeness (QED) is 0.240. The number of nitrogens with one attached hydrogen (secondary N) is 2. The number of hydrogen-bond donors (Lipinski definition) is 2. The smallest absolute Gasteiger partial charge is 0.221 e. The van der Waals surface area contributed by atoms with Crippen molar-refractivity contribution >= 4 is 17.5 Å². The van der Waals surface area contributed by atoms with Gasteiger partial charge in [0.1, 0.15) is 5.88 Å². The van der Waals surface area contributed by atoms with E-state index in [2.05, 4.69) is 10.3 Å². The zero-order valence-corrected chi connectivity index (χ0v) is 4.75. The minimum Gasteiger partial charge on any atom is -0.393 e. The standard InChI is InChI=1S/C3H7ClN2O/c1-6-7-3(5)2-4/h5-6H,2H2,1H3. The Balaban J connectivity index is 3.00. The van der Waals surface area contributed by atoms with E-state index in [9.17, 15) is 0 Å². The highest BCUT2D eigenvalue weighted by molar-refractivity contribution is 6.26. The Hall–Kier alpha value is -0.280. The van der Waals surface area contributed by atoms with Gasteiger partial charge in [-0.25, -0.2) is 0 Å². The van der Waals surface area contributed by atoms with Crippen molar-refractivity contribution in [1.29, 1.82) is 5.41 Å². The lowest BCUT2D eigenvalue weighted by Gasteiger charge is -1.97. The van der Waals surface area contributed by atoms with Crippen LogP contribution in [0.5, 0.6) is 0 Å². The molecule has 0 spiro atoms. The Morgan fingerprint density at radius 3 is 2.71 bits per heavy atom. The van der Waals surface area contributed by atoms with Gasteiger partial charge in [-0.2, -0.15) is 5.48 Å². The number of rotatable bonds is 2. The second-order valence-corrected chi connectivity index (χ2v) is 1.13. The maximum absolute atomic E-state index is 6.72. The van der Waals surface area contributed by atoms with Gasteiger partial charge in [0.25, 0.3) is 0 Å². The van der Waals surface area contributed by atoms with E-state index in [-0.39, 0.29) is 11.8 Å². The lowest BCUT2D eigenvalue weighted by molar-refractivity contribution is 0.205. The van der Waals surface area contributed by atoms with Crippen molar-refractivity contribution in [2.24, 2.45) is 0 Å². The van der Waals surface area contributed by atoms with Crippen LogP contribution in [0.1, 0.15) is 0 Å². The Morgan fingerprint density at radius 1 is 2.00 bits per heavy atom. The first-order valence-electron chi connectivity index (χ1n) is 1.78. The summed E-state index contributed by atoms with van der Waals surface area (Å²) in [7, 11) is 1.57. The van der Waals surface area contributed by atoms with Gasteiger partial charge in [0.05, 0.1) is 0 Å². The average molecular weight is 123 g/mol. The van der Waals surface area contributed by atoms with E-state index in [1.165, 1.54) is 0 Å². The summed E-state index contributed by atoms with van der Waals surface area (Å²) in [6, 6.07) is 0. The van der Waals surface area contributed by atoms with E-state index in [0.29, 0.717) is 0 Å². The van der Waals surface area contributed by atoms with E-state index < -0.39 is 0 Å². The normalized spacial score (nSPS) is 8.29. The van der Waals surface area contributed by atoms with Crippen molar-refractivity contribution in [3.8, 4) is 0 Å². The molecule has 0 unspecified atom stereocenters. The molecule has 0 aromatic carbocycles. The monoisotopic (exact) mass is 122 g/mol. The predicted molar refractivity (Wildman–Crippen MR) is 28.6 cm³/mol. The third kappa shape index (κ3) is 3.55. The van der Waals surface area contributed by atoms with E-state index >= 15 is 0 Å². The predicted octanol–water partition coefficient (Wildman–Crippen LogP) is 0.353. The first-order valence-corrected chi connectivity index (χ1v) is 2.31. The van der Waals surface area contributed by atoms with Crippen molar-refractivity contribution in [3.05, 3.63) is 0 Å². The summed E-state index contributed by atoms with van der Waals surface area (Å²) in [4.78, 5) is 4.39. The Morgan fingerprint density at radius 2 is 2.57 bits per heavy atom. The number of hydrogen-bond acceptors (Lipinski definition) is 3. The topological polar surface area (TPSA) is 45.1 Å². The number of halogens is 1. The maximum Gasteiger partial charge on any atom is 0.221 e. The molecule has 0 fully saturated rings. The third-order valence-corrected chi connectivity index (χ3v) is 0.589. The first-order chi connectivity index (χ1) is 3.31. The molecule has 0 rings (SSSR count). The van der Waals surface area contributed by atoms with Crippen LogP contribution in [-0.4, -0.2) is 18.8 Å². The van der Waals surface area contributed by atoms with Crippen LogP contribution >= 0.6 is 11.6 Å². The minimum absolute atomic E-state index is 0.0316. The largest absolute Gasteiger partial charge is 0.393 e. The molecule has 0 aromatic heterocycles. The molecule has 0 aliphatic carbocycles. The number of alkyl halides is 1. The maximum atomic E-state index is 6.72. The van der Waals surface area contributed by atoms with Gasteiger partial charge in [0.2, 0.25) is 5.90 Å². The fourth-order valence-electron chi connectivity index (χ4n) is 0.150. The van der Waals surface area contributed by atoms with Crippen LogP contribution in [0.15, 0.2) is 0 Å². The van der Waals surface area contributed by atoms with Gasteiger partial charge < -0.3 is 4.84 Å². The van der Waals surface area contributed by atoms with Crippen LogP contribution in [0, 0.1) is 5.41 Å². The molecule has 0 amide bonds. The molecule has 7 heavy (non-hydrogen) atoms. The van der Waals surface area contributed by atoms with Gasteiger partial charge in [-0.05, 0) is 0 Å². The molecule has 0 aliphatic heterocycles. The zero-order chi connectivity index (χ0) is 5.70. The van der Waals surface area contributed by atoms with Gasteiger partial charge in [0.15, 0.2) is 0 Å². The first kappa shape index (κ1) is 6.72. The molecule has 0 saturated heterocycles. The SMILES string of the molecule is CNOC(=N)CCl. The molecule has 0 heterocycles. The molecule has 0 aliphatic rings. The molecule has 4 heteroatoms. The highest BCUT2D eigenvalue weighted by Crippen LogP contribution is 1.76. The van der Waals surface area contributed by atoms with Crippen LogP contribution in [0.2, 0.25) is 0 Å². The Kier molecular flexibility index (Phi) is 3.74. The van der Waals surface area contributed by atoms with E-state index in [1.54, 1.807) is 7.05 Å². The van der Waals surface area contributed by atoms with Gasteiger partial charge in [-0.1, -0.05) is 0 Å². The highest BCUT2D eigenvalue weighted by atomic mass is 35.5. The molecular formula is C3H7ClN2O. The van der Waals surface area contributed by atoms with E-state index in [1.807, 2.05) is 0 Å². The van der Waals surface area contributed by atoms with Crippen molar-refractivity contribution in [2.45, 2.75) is 0 Å². The van der Waals surface area contributed by atoms with Crippen molar-refractivity contribution in [2.75, 3.05) is 12.9 Å². The van der Waals surface area contributed by atoms with Crippen molar-refractivity contribution in [1.82, 2.24) is 5.48 Å². The highest BCUT2D eigenvalue weighted by Gasteiger charge is 1.87.